The van der Waals surface area contributed by atoms with E-state index >= 15 is 0 Å². The standard InChI is InChI=1S/C29H30Cl2N4O2/c30-23-17-22-6-5-20-3-1-11-33-28(20)27(26(22)24(31)18-23)19-9-15-35(16-10-19)25(36)4-2-12-34-29(37)21-7-13-32-14-8-21/h1,3,7-8,11,13-14,17-19,27H,2,4-6,9-10,12,15-16H2,(H,34,37). The summed E-state index contributed by atoms with van der Waals surface area (Å²) >= 11 is 13.2. The fourth-order valence-electron chi connectivity index (χ4n) is 5.69. The third-order valence-corrected chi connectivity index (χ3v) is 8.07. The van der Waals surface area contributed by atoms with Crippen LogP contribution in [0.3, 0.4) is 0 Å². The average Bonchev–Trinajstić information content (AvgIpc) is 3.08. The fourth-order valence-corrected chi connectivity index (χ4v) is 6.34. The van der Waals surface area contributed by atoms with Gasteiger partial charge in [-0.15, -0.1) is 0 Å². The maximum absolute atomic E-state index is 12.9. The number of fused-ring (bicyclic) bond motifs is 2. The van der Waals surface area contributed by atoms with Gasteiger partial charge >= 0.3 is 0 Å². The molecule has 192 valence electrons. The zero-order valence-electron chi connectivity index (χ0n) is 20.6. The van der Waals surface area contributed by atoms with Crippen LogP contribution in [0.15, 0.2) is 55.0 Å². The molecule has 1 aromatic carbocycles. The zero-order chi connectivity index (χ0) is 25.8. The van der Waals surface area contributed by atoms with E-state index in [1.54, 1.807) is 24.5 Å². The molecule has 1 aliphatic heterocycles. The van der Waals surface area contributed by atoms with Crippen LogP contribution in [0, 0.1) is 5.92 Å². The maximum atomic E-state index is 12.9. The Bertz CT molecular complexity index is 1280. The van der Waals surface area contributed by atoms with Gasteiger partial charge in [-0.2, -0.15) is 0 Å². The maximum Gasteiger partial charge on any atom is 0.251 e. The van der Waals surface area contributed by atoms with Gasteiger partial charge < -0.3 is 10.2 Å². The molecule has 0 bridgehead atoms. The van der Waals surface area contributed by atoms with Crippen molar-refractivity contribution in [3.05, 3.63) is 93.0 Å². The number of nitrogens with one attached hydrogen (secondary N) is 1. The second-order valence-corrected chi connectivity index (χ2v) is 10.6. The molecule has 1 aliphatic carbocycles. The van der Waals surface area contributed by atoms with Gasteiger partial charge in [0.15, 0.2) is 0 Å². The van der Waals surface area contributed by atoms with Crippen molar-refractivity contribution in [1.29, 1.82) is 0 Å². The molecule has 6 nitrogen and oxygen atoms in total. The normalized spacial score (nSPS) is 17.5. The Hall–Kier alpha value is -2.96. The topological polar surface area (TPSA) is 75.2 Å². The molecule has 37 heavy (non-hydrogen) atoms. The number of carbonyl (C=O) groups excluding carboxylic acids is 2. The van der Waals surface area contributed by atoms with Crippen molar-refractivity contribution in [2.45, 2.75) is 44.4 Å². The smallest absolute Gasteiger partial charge is 0.251 e. The van der Waals surface area contributed by atoms with E-state index < -0.39 is 0 Å². The van der Waals surface area contributed by atoms with Crippen molar-refractivity contribution >= 4 is 35.0 Å². The van der Waals surface area contributed by atoms with E-state index in [9.17, 15) is 9.59 Å². The van der Waals surface area contributed by atoms with Crippen molar-refractivity contribution in [2.75, 3.05) is 19.6 Å². The highest BCUT2D eigenvalue weighted by Crippen LogP contribution is 2.45. The first kappa shape index (κ1) is 25.7. The summed E-state index contributed by atoms with van der Waals surface area (Å²) in [5.74, 6) is 0.432. The van der Waals surface area contributed by atoms with Gasteiger partial charge in [0.1, 0.15) is 0 Å². The largest absolute Gasteiger partial charge is 0.352 e. The highest BCUT2D eigenvalue weighted by atomic mass is 35.5. The molecule has 0 saturated carbocycles. The third kappa shape index (κ3) is 5.81. The molecule has 3 heterocycles. The minimum atomic E-state index is -0.145. The van der Waals surface area contributed by atoms with E-state index in [0.29, 0.717) is 54.0 Å². The van der Waals surface area contributed by atoms with Gasteiger partial charge in [0, 0.05) is 66.2 Å². The minimum Gasteiger partial charge on any atom is -0.352 e. The Kier molecular flexibility index (Phi) is 8.06. The lowest BCUT2D eigenvalue weighted by atomic mass is 9.76. The summed E-state index contributed by atoms with van der Waals surface area (Å²) in [6, 6.07) is 11.4. The predicted molar refractivity (Wildman–Crippen MR) is 145 cm³/mol. The zero-order valence-corrected chi connectivity index (χ0v) is 22.1. The van der Waals surface area contributed by atoms with Crippen LogP contribution in [-0.2, 0) is 17.6 Å². The number of carbonyl (C=O) groups is 2. The lowest BCUT2D eigenvalue weighted by Gasteiger charge is -2.37. The molecule has 1 saturated heterocycles. The number of amides is 2. The molecule has 8 heteroatoms. The first-order valence-corrected chi connectivity index (χ1v) is 13.6. The molecule has 1 unspecified atom stereocenters. The number of hydrogen-bond donors (Lipinski definition) is 1. The first-order valence-electron chi connectivity index (χ1n) is 12.9. The van der Waals surface area contributed by atoms with Crippen LogP contribution in [0.1, 0.15) is 64.3 Å². The molecule has 1 N–H and O–H groups in total. The first-order chi connectivity index (χ1) is 18.0. The summed E-state index contributed by atoms with van der Waals surface area (Å²) in [5.41, 5.74) is 5.30. The molecule has 1 atom stereocenters. The molecular weight excluding hydrogens is 507 g/mol. The van der Waals surface area contributed by atoms with E-state index in [-0.39, 0.29) is 17.7 Å². The average molecular weight is 537 g/mol. The lowest BCUT2D eigenvalue weighted by Crippen LogP contribution is -2.40. The van der Waals surface area contributed by atoms with Crippen molar-refractivity contribution < 1.29 is 9.59 Å². The molecular formula is C29H30Cl2N4O2. The summed E-state index contributed by atoms with van der Waals surface area (Å²) in [6.45, 7) is 1.89. The van der Waals surface area contributed by atoms with Gasteiger partial charge in [-0.05, 0) is 85.0 Å². The van der Waals surface area contributed by atoms with Gasteiger partial charge in [-0.1, -0.05) is 29.3 Å². The molecule has 0 radical (unpaired) electrons. The van der Waals surface area contributed by atoms with E-state index in [1.807, 2.05) is 29.3 Å². The van der Waals surface area contributed by atoms with Crippen LogP contribution in [0.5, 0.6) is 0 Å². The van der Waals surface area contributed by atoms with Crippen LogP contribution in [0.25, 0.3) is 0 Å². The quantitative estimate of drug-likeness (QED) is 0.424. The number of nitrogens with zero attached hydrogens (tertiary/aromatic N) is 3. The van der Waals surface area contributed by atoms with Gasteiger partial charge in [0.25, 0.3) is 5.91 Å². The van der Waals surface area contributed by atoms with Crippen LogP contribution in [0.4, 0.5) is 0 Å². The third-order valence-electron chi connectivity index (χ3n) is 7.53. The second-order valence-electron chi connectivity index (χ2n) is 9.80. The number of hydrogen-bond acceptors (Lipinski definition) is 4. The van der Waals surface area contributed by atoms with Crippen molar-refractivity contribution in [2.24, 2.45) is 5.92 Å². The highest BCUT2D eigenvalue weighted by Gasteiger charge is 2.36. The van der Waals surface area contributed by atoms with Crippen LogP contribution >= 0.6 is 23.2 Å². The van der Waals surface area contributed by atoms with E-state index in [2.05, 4.69) is 16.4 Å². The Morgan fingerprint density at radius 3 is 2.54 bits per heavy atom. The summed E-state index contributed by atoms with van der Waals surface area (Å²) in [6.07, 6.45) is 9.67. The number of halogens is 2. The van der Waals surface area contributed by atoms with E-state index in [1.165, 1.54) is 11.1 Å². The van der Waals surface area contributed by atoms with Gasteiger partial charge in [-0.3, -0.25) is 19.6 Å². The number of piperidine rings is 1. The Morgan fingerprint density at radius 1 is 1.00 bits per heavy atom. The van der Waals surface area contributed by atoms with Crippen molar-refractivity contribution in [1.82, 2.24) is 20.2 Å². The number of likely N-dealkylation sites (tertiary alicyclic amines) is 1. The molecule has 2 aliphatic rings. The monoisotopic (exact) mass is 536 g/mol. The Balaban J connectivity index is 1.21. The van der Waals surface area contributed by atoms with E-state index in [4.69, 9.17) is 28.2 Å². The molecule has 1 fully saturated rings. The van der Waals surface area contributed by atoms with Crippen LogP contribution in [0.2, 0.25) is 10.0 Å². The van der Waals surface area contributed by atoms with Crippen LogP contribution < -0.4 is 5.32 Å². The SMILES string of the molecule is O=C(NCCCC(=O)N1CCC(C2c3ncccc3CCc3cc(Cl)cc(Cl)c32)CC1)c1ccncc1. The number of rotatable bonds is 6. The molecule has 2 aromatic heterocycles. The highest BCUT2D eigenvalue weighted by molar-refractivity contribution is 6.35. The van der Waals surface area contributed by atoms with Gasteiger partial charge in [-0.25, -0.2) is 0 Å². The number of aryl methyl sites for hydroxylation is 2. The van der Waals surface area contributed by atoms with Gasteiger partial charge in [0.2, 0.25) is 5.91 Å². The molecule has 2 amide bonds. The summed E-state index contributed by atoms with van der Waals surface area (Å²) in [4.78, 5) is 35.8. The van der Waals surface area contributed by atoms with E-state index in [0.717, 1.165) is 36.9 Å². The van der Waals surface area contributed by atoms with Crippen LogP contribution in [-0.4, -0.2) is 46.3 Å². The molecule has 5 rings (SSSR count). The lowest BCUT2D eigenvalue weighted by molar-refractivity contribution is -0.132. The number of benzene rings is 1. The number of pyridine rings is 2. The minimum absolute atomic E-state index is 0.0964. The molecule has 3 aromatic rings. The van der Waals surface area contributed by atoms with Gasteiger partial charge in [0.05, 0.1) is 5.69 Å². The number of aromatic nitrogens is 2. The van der Waals surface area contributed by atoms with Crippen molar-refractivity contribution in [3.8, 4) is 0 Å². The second kappa shape index (κ2) is 11.6. The molecule has 0 spiro atoms. The predicted octanol–water partition coefficient (Wildman–Crippen LogP) is 5.46. The fraction of sp³-hybridized carbons (Fsp3) is 0.379. The summed E-state index contributed by atoms with van der Waals surface area (Å²) in [5, 5.41) is 4.25. The summed E-state index contributed by atoms with van der Waals surface area (Å²) in [7, 11) is 0. The Labute approximate surface area is 227 Å². The van der Waals surface area contributed by atoms with Crippen molar-refractivity contribution in [3.63, 3.8) is 0 Å². The summed E-state index contributed by atoms with van der Waals surface area (Å²) < 4.78 is 0. The Morgan fingerprint density at radius 2 is 1.76 bits per heavy atom.